The third-order valence-corrected chi connectivity index (χ3v) is 5.08. The van der Waals surface area contributed by atoms with Crippen molar-refractivity contribution in [2.45, 2.75) is 12.6 Å². The number of amides is 2. The van der Waals surface area contributed by atoms with Crippen molar-refractivity contribution < 1.29 is 22.8 Å². The normalized spacial score (nSPS) is 14.8. The van der Waals surface area contributed by atoms with Crippen LogP contribution in [0, 0.1) is 0 Å². The van der Waals surface area contributed by atoms with Gasteiger partial charge in [-0.1, -0.05) is 41.4 Å². The third-order valence-electron chi connectivity index (χ3n) is 4.64. The van der Waals surface area contributed by atoms with Crippen molar-refractivity contribution >= 4 is 35.0 Å². The second-order valence-corrected chi connectivity index (χ2v) is 7.58. The molecule has 2 aromatic carbocycles. The molecule has 9 heteroatoms. The van der Waals surface area contributed by atoms with Gasteiger partial charge in [-0.25, -0.2) is 0 Å². The van der Waals surface area contributed by atoms with Crippen molar-refractivity contribution in [2.75, 3.05) is 26.2 Å². The number of hydrogen-bond donors (Lipinski definition) is 0. The summed E-state index contributed by atoms with van der Waals surface area (Å²) in [6, 6.07) is 9.33. The molecule has 1 heterocycles. The predicted octanol–water partition coefficient (Wildman–Crippen LogP) is 4.54. The predicted molar refractivity (Wildman–Crippen MR) is 104 cm³/mol. The summed E-state index contributed by atoms with van der Waals surface area (Å²) in [5, 5.41) is 0.714. The van der Waals surface area contributed by atoms with E-state index in [0.29, 0.717) is 47.4 Å². The van der Waals surface area contributed by atoms with E-state index in [-0.39, 0.29) is 18.2 Å². The molecule has 2 amide bonds. The number of alkyl halides is 3. The highest BCUT2D eigenvalue weighted by Crippen LogP contribution is 2.29. The van der Waals surface area contributed by atoms with Crippen LogP contribution in [-0.2, 0) is 17.4 Å². The first-order valence-electron chi connectivity index (χ1n) is 8.83. The zero-order valence-corrected chi connectivity index (χ0v) is 16.7. The first-order chi connectivity index (χ1) is 13.6. The SMILES string of the molecule is O=C(Cc1cccc(C(F)(F)F)c1)N1CCN(C(=O)c2cc(Cl)cc(Cl)c2)CC1. The molecule has 0 saturated carbocycles. The van der Waals surface area contributed by atoms with E-state index < -0.39 is 11.7 Å². The Bertz CT molecular complexity index is 906. The molecule has 0 aromatic heterocycles. The van der Waals surface area contributed by atoms with Crippen LogP contribution in [0.2, 0.25) is 10.0 Å². The first kappa shape index (κ1) is 21.5. The average molecular weight is 445 g/mol. The van der Waals surface area contributed by atoms with E-state index in [1.54, 1.807) is 9.80 Å². The van der Waals surface area contributed by atoms with Crippen LogP contribution in [0.3, 0.4) is 0 Å². The molecule has 0 atom stereocenters. The summed E-state index contributed by atoms with van der Waals surface area (Å²) >= 11 is 11.9. The number of nitrogens with zero attached hydrogens (tertiary/aromatic N) is 2. The van der Waals surface area contributed by atoms with Crippen LogP contribution in [0.15, 0.2) is 42.5 Å². The van der Waals surface area contributed by atoms with Gasteiger partial charge in [0.15, 0.2) is 0 Å². The van der Waals surface area contributed by atoms with Crippen molar-refractivity contribution in [1.29, 1.82) is 0 Å². The molecule has 1 fully saturated rings. The minimum absolute atomic E-state index is 0.123. The van der Waals surface area contributed by atoms with Crippen molar-refractivity contribution in [3.05, 3.63) is 69.2 Å². The lowest BCUT2D eigenvalue weighted by molar-refractivity contribution is -0.138. The zero-order chi connectivity index (χ0) is 21.2. The molecule has 3 rings (SSSR count). The van der Waals surface area contributed by atoms with E-state index in [1.807, 2.05) is 0 Å². The van der Waals surface area contributed by atoms with Gasteiger partial charge in [0.05, 0.1) is 12.0 Å². The number of carbonyl (C=O) groups is 2. The van der Waals surface area contributed by atoms with E-state index >= 15 is 0 Å². The molecule has 0 aliphatic carbocycles. The van der Waals surface area contributed by atoms with Crippen LogP contribution in [0.1, 0.15) is 21.5 Å². The van der Waals surface area contributed by atoms with Gasteiger partial charge in [0, 0.05) is 41.8 Å². The van der Waals surface area contributed by atoms with Crippen molar-refractivity contribution in [2.24, 2.45) is 0 Å². The van der Waals surface area contributed by atoms with E-state index in [9.17, 15) is 22.8 Å². The molecule has 2 aromatic rings. The molecule has 0 spiro atoms. The van der Waals surface area contributed by atoms with Gasteiger partial charge in [-0.15, -0.1) is 0 Å². The summed E-state index contributed by atoms with van der Waals surface area (Å²) in [4.78, 5) is 28.2. The lowest BCUT2D eigenvalue weighted by Crippen LogP contribution is -2.51. The lowest BCUT2D eigenvalue weighted by Gasteiger charge is -2.35. The van der Waals surface area contributed by atoms with Gasteiger partial charge in [0.25, 0.3) is 5.91 Å². The maximum Gasteiger partial charge on any atom is 0.416 e. The van der Waals surface area contributed by atoms with Crippen molar-refractivity contribution in [1.82, 2.24) is 9.80 Å². The molecule has 0 bridgehead atoms. The third kappa shape index (κ3) is 5.42. The number of benzene rings is 2. The summed E-state index contributed by atoms with van der Waals surface area (Å²) in [6.07, 6.45) is -4.57. The standard InChI is InChI=1S/C20H17Cl2F3N2O2/c21-16-10-14(11-17(22)12-16)19(29)27-6-4-26(5-7-27)18(28)9-13-2-1-3-15(8-13)20(23,24)25/h1-3,8,10-12H,4-7,9H2. The molecule has 0 N–H and O–H groups in total. The fraction of sp³-hybridized carbons (Fsp3) is 0.300. The van der Waals surface area contributed by atoms with Gasteiger partial charge in [0.1, 0.15) is 0 Å². The minimum Gasteiger partial charge on any atom is -0.339 e. The summed E-state index contributed by atoms with van der Waals surface area (Å²) in [5.74, 6) is -0.512. The molecule has 29 heavy (non-hydrogen) atoms. The fourth-order valence-electron chi connectivity index (χ4n) is 3.16. The van der Waals surface area contributed by atoms with Crippen LogP contribution < -0.4 is 0 Å². The van der Waals surface area contributed by atoms with Crippen molar-refractivity contribution in [3.8, 4) is 0 Å². The Kier molecular flexibility index (Phi) is 6.39. The maximum atomic E-state index is 12.8. The number of rotatable bonds is 3. The minimum atomic E-state index is -4.45. The summed E-state index contributed by atoms with van der Waals surface area (Å²) in [7, 11) is 0. The largest absolute Gasteiger partial charge is 0.416 e. The number of piperazine rings is 1. The highest BCUT2D eigenvalue weighted by molar-refractivity contribution is 6.35. The highest BCUT2D eigenvalue weighted by atomic mass is 35.5. The second kappa shape index (κ2) is 8.63. The Morgan fingerprint density at radius 1 is 0.897 bits per heavy atom. The van der Waals surface area contributed by atoms with Crippen LogP contribution in [0.25, 0.3) is 0 Å². The molecule has 0 unspecified atom stereocenters. The Hall–Kier alpha value is -2.25. The van der Waals surface area contributed by atoms with E-state index in [2.05, 4.69) is 0 Å². The molecule has 0 radical (unpaired) electrons. The highest BCUT2D eigenvalue weighted by Gasteiger charge is 2.31. The monoisotopic (exact) mass is 444 g/mol. The molecular formula is C20H17Cl2F3N2O2. The quantitative estimate of drug-likeness (QED) is 0.697. The van der Waals surface area contributed by atoms with Crippen LogP contribution in [0.5, 0.6) is 0 Å². The van der Waals surface area contributed by atoms with Gasteiger partial charge in [-0.05, 0) is 29.8 Å². The Balaban J connectivity index is 1.59. The molecule has 1 aliphatic heterocycles. The molecule has 1 aliphatic rings. The summed E-state index contributed by atoms with van der Waals surface area (Å²) < 4.78 is 38.5. The number of hydrogen-bond acceptors (Lipinski definition) is 2. The molecular weight excluding hydrogens is 428 g/mol. The van der Waals surface area contributed by atoms with E-state index in [1.165, 1.54) is 30.3 Å². The average Bonchev–Trinajstić information content (AvgIpc) is 2.66. The van der Waals surface area contributed by atoms with Crippen molar-refractivity contribution in [3.63, 3.8) is 0 Å². The molecule has 4 nitrogen and oxygen atoms in total. The van der Waals surface area contributed by atoms with Crippen LogP contribution >= 0.6 is 23.2 Å². The summed E-state index contributed by atoms with van der Waals surface area (Å²) in [6.45, 7) is 1.24. The van der Waals surface area contributed by atoms with Gasteiger partial charge >= 0.3 is 6.18 Å². The van der Waals surface area contributed by atoms with Gasteiger partial charge in [-0.3, -0.25) is 9.59 Å². The molecule has 1 saturated heterocycles. The second-order valence-electron chi connectivity index (χ2n) is 6.71. The fourth-order valence-corrected chi connectivity index (χ4v) is 3.69. The van der Waals surface area contributed by atoms with E-state index in [4.69, 9.17) is 23.2 Å². The molecule has 154 valence electrons. The topological polar surface area (TPSA) is 40.6 Å². The maximum absolute atomic E-state index is 12.8. The van der Waals surface area contributed by atoms with Gasteiger partial charge in [-0.2, -0.15) is 13.2 Å². The number of halogens is 5. The Labute approximate surface area is 175 Å². The smallest absolute Gasteiger partial charge is 0.339 e. The van der Waals surface area contributed by atoms with E-state index in [0.717, 1.165) is 12.1 Å². The van der Waals surface area contributed by atoms with Gasteiger partial charge in [0.2, 0.25) is 5.91 Å². The number of carbonyl (C=O) groups excluding carboxylic acids is 2. The lowest BCUT2D eigenvalue weighted by atomic mass is 10.1. The first-order valence-corrected chi connectivity index (χ1v) is 9.58. The Morgan fingerprint density at radius 2 is 1.48 bits per heavy atom. The van der Waals surface area contributed by atoms with Crippen LogP contribution in [0.4, 0.5) is 13.2 Å². The van der Waals surface area contributed by atoms with Gasteiger partial charge < -0.3 is 9.80 Å². The van der Waals surface area contributed by atoms with Crippen LogP contribution in [-0.4, -0.2) is 47.8 Å². The summed E-state index contributed by atoms with van der Waals surface area (Å²) in [5.41, 5.74) is -0.110. The zero-order valence-electron chi connectivity index (χ0n) is 15.2. The Morgan fingerprint density at radius 3 is 2.07 bits per heavy atom.